The van der Waals surface area contributed by atoms with Crippen LogP contribution in [0.4, 0.5) is 0 Å². The average Bonchev–Trinajstić information content (AvgIpc) is 2.52. The molecule has 4 nitrogen and oxygen atoms in total. The van der Waals surface area contributed by atoms with Crippen molar-refractivity contribution in [2.75, 3.05) is 19.8 Å². The van der Waals surface area contributed by atoms with Gasteiger partial charge in [-0.3, -0.25) is 0 Å². The monoisotopic (exact) mass is 397 g/mol. The lowest BCUT2D eigenvalue weighted by molar-refractivity contribution is -0.364. The molecule has 0 aromatic heterocycles. The van der Waals surface area contributed by atoms with Crippen molar-refractivity contribution in [3.8, 4) is 0 Å². The molecular formula is C24H47NO3. The molecule has 2 fully saturated rings. The molecule has 2 aliphatic rings. The van der Waals surface area contributed by atoms with E-state index in [1.165, 1.54) is 0 Å². The van der Waals surface area contributed by atoms with Crippen molar-refractivity contribution in [1.82, 2.24) is 5.32 Å². The molecule has 3 atom stereocenters. The highest BCUT2D eigenvalue weighted by Gasteiger charge is 2.62. The Hall–Kier alpha value is -0.160. The summed E-state index contributed by atoms with van der Waals surface area (Å²) in [6.07, 6.45) is 3.92. The standard InChI is InChI=1S/C24H47NO3/c1-10-23(14-26)15-27-24(28-16-23)13-21(8,11-17(2)3)25-22(9,12-18(4)5)20(24)19(6)7/h17-20,25-26H,10-16H2,1-9H3. The quantitative estimate of drug-likeness (QED) is 0.635. The van der Waals surface area contributed by atoms with Gasteiger partial charge in [-0.15, -0.1) is 0 Å². The van der Waals surface area contributed by atoms with E-state index in [-0.39, 0.29) is 29.0 Å². The maximum Gasteiger partial charge on any atom is 0.174 e. The van der Waals surface area contributed by atoms with Gasteiger partial charge < -0.3 is 19.9 Å². The highest BCUT2D eigenvalue weighted by Crippen LogP contribution is 2.53. The smallest absolute Gasteiger partial charge is 0.174 e. The minimum absolute atomic E-state index is 0.0331. The first-order chi connectivity index (χ1) is 12.8. The number of rotatable bonds is 7. The first-order valence-electron chi connectivity index (χ1n) is 11.5. The van der Waals surface area contributed by atoms with Gasteiger partial charge in [-0.1, -0.05) is 48.5 Å². The predicted molar refractivity (Wildman–Crippen MR) is 116 cm³/mol. The third kappa shape index (κ3) is 4.77. The molecule has 0 amide bonds. The van der Waals surface area contributed by atoms with E-state index in [0.29, 0.717) is 31.0 Å². The molecule has 0 aromatic carbocycles. The van der Waals surface area contributed by atoms with Crippen LogP contribution in [0.25, 0.3) is 0 Å². The fourth-order valence-corrected chi connectivity index (χ4v) is 6.57. The largest absolute Gasteiger partial charge is 0.396 e. The minimum atomic E-state index is -0.583. The van der Waals surface area contributed by atoms with Crippen LogP contribution >= 0.6 is 0 Å². The van der Waals surface area contributed by atoms with Gasteiger partial charge in [-0.2, -0.15) is 0 Å². The molecular weight excluding hydrogens is 350 g/mol. The molecule has 2 rings (SSSR count). The fraction of sp³-hybridized carbons (Fsp3) is 1.00. The summed E-state index contributed by atoms with van der Waals surface area (Å²) >= 11 is 0. The van der Waals surface area contributed by atoms with Crippen LogP contribution in [0.1, 0.15) is 88.0 Å². The normalized spacial score (nSPS) is 42.1. The van der Waals surface area contributed by atoms with Crippen molar-refractivity contribution in [1.29, 1.82) is 0 Å². The summed E-state index contributed by atoms with van der Waals surface area (Å²) in [5.41, 5.74) is -0.356. The van der Waals surface area contributed by atoms with Gasteiger partial charge in [0.05, 0.1) is 19.8 Å². The van der Waals surface area contributed by atoms with E-state index < -0.39 is 5.79 Å². The summed E-state index contributed by atoms with van der Waals surface area (Å²) in [6, 6.07) is 0. The number of ether oxygens (including phenoxy) is 2. The Balaban J connectivity index is 2.47. The molecule has 2 heterocycles. The second-order valence-electron chi connectivity index (χ2n) is 11.6. The zero-order valence-corrected chi connectivity index (χ0v) is 20.0. The topological polar surface area (TPSA) is 50.7 Å². The van der Waals surface area contributed by atoms with Gasteiger partial charge in [0, 0.05) is 28.8 Å². The molecule has 0 aromatic rings. The summed E-state index contributed by atoms with van der Waals surface area (Å²) in [7, 11) is 0. The van der Waals surface area contributed by atoms with Crippen LogP contribution in [0.3, 0.4) is 0 Å². The Bertz CT molecular complexity index is 504. The van der Waals surface area contributed by atoms with Gasteiger partial charge in [-0.05, 0) is 50.9 Å². The number of hydrogen-bond donors (Lipinski definition) is 2. The van der Waals surface area contributed by atoms with Crippen molar-refractivity contribution >= 4 is 0 Å². The molecule has 0 bridgehead atoms. The number of hydrogen-bond acceptors (Lipinski definition) is 4. The number of piperidine rings is 1. The van der Waals surface area contributed by atoms with Gasteiger partial charge in [0.1, 0.15) is 0 Å². The van der Waals surface area contributed by atoms with Crippen molar-refractivity contribution in [2.45, 2.75) is 105 Å². The van der Waals surface area contributed by atoms with Crippen LogP contribution in [-0.4, -0.2) is 41.8 Å². The summed E-state index contributed by atoms with van der Waals surface area (Å²) in [6.45, 7) is 22.0. The molecule has 28 heavy (non-hydrogen) atoms. The highest BCUT2D eigenvalue weighted by atomic mass is 16.7. The first-order valence-corrected chi connectivity index (χ1v) is 11.5. The summed E-state index contributed by atoms with van der Waals surface area (Å²) in [4.78, 5) is 0. The van der Waals surface area contributed by atoms with E-state index in [4.69, 9.17) is 9.47 Å². The molecule has 2 aliphatic heterocycles. The maximum absolute atomic E-state index is 9.97. The third-order valence-corrected chi connectivity index (χ3v) is 7.07. The zero-order valence-electron chi connectivity index (χ0n) is 20.0. The lowest BCUT2D eigenvalue weighted by Gasteiger charge is -2.63. The summed E-state index contributed by atoms with van der Waals surface area (Å²) in [5, 5.41) is 14.1. The molecule has 166 valence electrons. The molecule has 3 unspecified atom stereocenters. The van der Waals surface area contributed by atoms with Crippen LogP contribution in [0, 0.1) is 29.1 Å². The number of aliphatic hydroxyl groups is 1. The molecule has 1 spiro atoms. The Morgan fingerprint density at radius 2 is 1.50 bits per heavy atom. The maximum atomic E-state index is 9.97. The Morgan fingerprint density at radius 1 is 0.964 bits per heavy atom. The van der Waals surface area contributed by atoms with E-state index in [2.05, 4.69) is 67.6 Å². The number of aliphatic hydroxyl groups excluding tert-OH is 1. The highest BCUT2D eigenvalue weighted by molar-refractivity contribution is 5.12. The van der Waals surface area contributed by atoms with E-state index in [1.807, 2.05) is 0 Å². The molecule has 2 saturated heterocycles. The van der Waals surface area contributed by atoms with E-state index in [1.54, 1.807) is 0 Å². The summed E-state index contributed by atoms with van der Waals surface area (Å²) < 4.78 is 13.4. The van der Waals surface area contributed by atoms with E-state index in [0.717, 1.165) is 25.7 Å². The van der Waals surface area contributed by atoms with Gasteiger partial charge in [-0.25, -0.2) is 0 Å². The lowest BCUT2D eigenvalue weighted by Crippen LogP contribution is -2.75. The zero-order chi connectivity index (χ0) is 21.4. The molecule has 0 radical (unpaired) electrons. The average molecular weight is 398 g/mol. The van der Waals surface area contributed by atoms with Crippen LogP contribution in [-0.2, 0) is 9.47 Å². The van der Waals surface area contributed by atoms with E-state index >= 15 is 0 Å². The van der Waals surface area contributed by atoms with Gasteiger partial charge in [0.2, 0.25) is 0 Å². The Morgan fingerprint density at radius 3 is 1.89 bits per heavy atom. The minimum Gasteiger partial charge on any atom is -0.396 e. The van der Waals surface area contributed by atoms with Crippen molar-refractivity contribution < 1.29 is 14.6 Å². The summed E-state index contributed by atoms with van der Waals surface area (Å²) in [5.74, 6) is 1.30. The van der Waals surface area contributed by atoms with Gasteiger partial charge in [0.15, 0.2) is 5.79 Å². The first kappa shape index (κ1) is 24.1. The molecule has 4 heteroatoms. The van der Waals surface area contributed by atoms with Crippen LogP contribution in [0.15, 0.2) is 0 Å². The molecule has 0 saturated carbocycles. The van der Waals surface area contributed by atoms with Crippen molar-refractivity contribution in [2.24, 2.45) is 29.1 Å². The van der Waals surface area contributed by atoms with E-state index in [9.17, 15) is 5.11 Å². The third-order valence-electron chi connectivity index (χ3n) is 7.07. The molecule has 2 N–H and O–H groups in total. The SMILES string of the molecule is CCC1(CO)COC2(CC(C)(CC(C)C)NC(C)(CC(C)C)C2C(C)C)OC1. The van der Waals surface area contributed by atoms with Crippen molar-refractivity contribution in [3.05, 3.63) is 0 Å². The van der Waals surface area contributed by atoms with Crippen LogP contribution in [0.2, 0.25) is 0 Å². The Kier molecular flexibility index (Phi) is 7.34. The van der Waals surface area contributed by atoms with Gasteiger partial charge in [0.25, 0.3) is 0 Å². The fourth-order valence-electron chi connectivity index (χ4n) is 6.57. The Labute approximate surface area is 174 Å². The second kappa shape index (κ2) is 8.53. The van der Waals surface area contributed by atoms with Crippen LogP contribution < -0.4 is 5.32 Å². The number of nitrogens with one attached hydrogen (secondary N) is 1. The van der Waals surface area contributed by atoms with Gasteiger partial charge >= 0.3 is 0 Å². The lowest BCUT2D eigenvalue weighted by atomic mass is 9.61. The molecule has 0 aliphatic carbocycles. The predicted octanol–water partition coefficient (Wildman–Crippen LogP) is 4.99. The van der Waals surface area contributed by atoms with Crippen LogP contribution in [0.5, 0.6) is 0 Å². The second-order valence-corrected chi connectivity index (χ2v) is 11.6. The van der Waals surface area contributed by atoms with Crippen molar-refractivity contribution in [3.63, 3.8) is 0 Å².